The molecule has 3 aliphatic carbocycles. The van der Waals surface area contributed by atoms with Gasteiger partial charge in [-0.3, -0.25) is 28.9 Å². The number of benzene rings is 2. The summed E-state index contributed by atoms with van der Waals surface area (Å²) in [5.41, 5.74) is 4.53. The molecule has 11 heteroatoms. The molecule has 6 atom stereocenters. The SMILES string of the molecule is CN(C)c1cc(-c2cc3ccccc3o2)c(O)c2c1C[C@@H]1C[C@@H]3[C@@H](N(C)C)C(=O)C(C(N)=O)C(=O)[C@]3(O)C(=O)C1C2=O. The molecule has 0 radical (unpaired) electrons. The van der Waals surface area contributed by atoms with Gasteiger partial charge < -0.3 is 25.3 Å². The monoisotopic (exact) mass is 573 g/mol. The molecule has 0 spiro atoms. The number of rotatable bonds is 4. The maximum absolute atomic E-state index is 14.2. The molecule has 2 unspecified atom stereocenters. The predicted molar refractivity (Wildman–Crippen MR) is 151 cm³/mol. The van der Waals surface area contributed by atoms with E-state index in [-0.39, 0.29) is 29.7 Å². The van der Waals surface area contributed by atoms with Crippen molar-refractivity contribution in [1.29, 1.82) is 0 Å². The Morgan fingerprint density at radius 2 is 1.74 bits per heavy atom. The van der Waals surface area contributed by atoms with Gasteiger partial charge in [-0.1, -0.05) is 18.2 Å². The number of likely N-dealkylation sites (N-methyl/N-ethyl adjacent to an activating group) is 1. The molecule has 1 heterocycles. The number of furan rings is 1. The minimum Gasteiger partial charge on any atom is -0.506 e. The number of nitrogens with zero attached hydrogens (tertiary/aromatic N) is 2. The highest BCUT2D eigenvalue weighted by Gasteiger charge is 2.69. The van der Waals surface area contributed by atoms with Crippen LogP contribution in [0.3, 0.4) is 0 Å². The number of anilines is 1. The maximum Gasteiger partial charge on any atom is 0.235 e. The quantitative estimate of drug-likeness (QED) is 0.387. The van der Waals surface area contributed by atoms with E-state index in [1.54, 1.807) is 51.3 Å². The molecule has 3 aromatic rings. The third-order valence-electron chi connectivity index (χ3n) is 9.21. The van der Waals surface area contributed by atoms with E-state index in [0.717, 1.165) is 5.39 Å². The number of para-hydroxylation sites is 1. The average molecular weight is 574 g/mol. The Hall–Kier alpha value is -4.35. The molecule has 0 aliphatic heterocycles. The fourth-order valence-corrected chi connectivity index (χ4v) is 7.35. The van der Waals surface area contributed by atoms with Crippen molar-refractivity contribution in [3.63, 3.8) is 0 Å². The van der Waals surface area contributed by atoms with Crippen molar-refractivity contribution in [2.75, 3.05) is 33.1 Å². The highest BCUT2D eigenvalue weighted by atomic mass is 16.3. The van der Waals surface area contributed by atoms with Crippen molar-refractivity contribution in [3.8, 4) is 17.1 Å². The van der Waals surface area contributed by atoms with Crippen LogP contribution in [0.4, 0.5) is 5.69 Å². The Morgan fingerprint density at radius 3 is 2.36 bits per heavy atom. The summed E-state index contributed by atoms with van der Waals surface area (Å²) in [5.74, 6) is -10.5. The zero-order valence-electron chi connectivity index (χ0n) is 23.6. The van der Waals surface area contributed by atoms with Crippen molar-refractivity contribution in [3.05, 3.63) is 47.5 Å². The molecular weight excluding hydrogens is 542 g/mol. The third kappa shape index (κ3) is 3.63. The summed E-state index contributed by atoms with van der Waals surface area (Å²) in [5, 5.41) is 24.1. The van der Waals surface area contributed by atoms with E-state index < -0.39 is 64.4 Å². The normalized spacial score (nSPS) is 29.0. The van der Waals surface area contributed by atoms with Gasteiger partial charge in [0, 0.05) is 31.1 Å². The highest BCUT2D eigenvalue weighted by Crippen LogP contribution is 2.53. The van der Waals surface area contributed by atoms with Gasteiger partial charge in [-0.15, -0.1) is 0 Å². The zero-order valence-corrected chi connectivity index (χ0v) is 23.6. The molecule has 218 valence electrons. The van der Waals surface area contributed by atoms with Gasteiger partial charge in [0.2, 0.25) is 5.91 Å². The molecule has 11 nitrogen and oxygen atoms in total. The van der Waals surface area contributed by atoms with E-state index >= 15 is 0 Å². The topological polar surface area (TPSA) is 171 Å². The van der Waals surface area contributed by atoms with Crippen LogP contribution in [0.2, 0.25) is 0 Å². The Kier molecular flexibility index (Phi) is 6.18. The van der Waals surface area contributed by atoms with Gasteiger partial charge in [-0.2, -0.15) is 0 Å². The Balaban J connectivity index is 1.52. The van der Waals surface area contributed by atoms with Gasteiger partial charge in [0.25, 0.3) is 0 Å². The smallest absolute Gasteiger partial charge is 0.235 e. The zero-order chi connectivity index (χ0) is 30.4. The highest BCUT2D eigenvalue weighted by molar-refractivity contribution is 6.32. The number of amides is 1. The second kappa shape index (κ2) is 9.33. The number of carbonyl (C=O) groups is 5. The summed E-state index contributed by atoms with van der Waals surface area (Å²) in [6.07, 6.45) is 0.163. The molecule has 0 saturated heterocycles. The maximum atomic E-state index is 14.2. The van der Waals surface area contributed by atoms with Gasteiger partial charge >= 0.3 is 0 Å². The average Bonchev–Trinajstić information content (AvgIpc) is 3.34. The molecule has 3 aliphatic rings. The van der Waals surface area contributed by atoms with E-state index in [1.165, 1.54) is 4.90 Å². The first-order chi connectivity index (χ1) is 19.8. The summed E-state index contributed by atoms with van der Waals surface area (Å²) in [4.78, 5) is 70.5. The van der Waals surface area contributed by atoms with Crippen molar-refractivity contribution in [1.82, 2.24) is 4.90 Å². The van der Waals surface area contributed by atoms with Crippen LogP contribution in [-0.2, 0) is 25.6 Å². The second-order valence-electron chi connectivity index (χ2n) is 12.0. The van der Waals surface area contributed by atoms with Crippen molar-refractivity contribution >= 4 is 45.7 Å². The number of hydrogen-bond donors (Lipinski definition) is 3. The van der Waals surface area contributed by atoms with Crippen LogP contribution >= 0.6 is 0 Å². The van der Waals surface area contributed by atoms with Crippen LogP contribution in [0.1, 0.15) is 22.3 Å². The van der Waals surface area contributed by atoms with Gasteiger partial charge in [-0.05, 0) is 56.6 Å². The second-order valence-corrected chi connectivity index (χ2v) is 12.0. The summed E-state index contributed by atoms with van der Waals surface area (Å²) in [6, 6.07) is 9.62. The van der Waals surface area contributed by atoms with Gasteiger partial charge in [0.05, 0.1) is 23.1 Å². The number of Topliss-reactive ketones (excluding diaryl/α,β-unsaturated/α-hetero) is 4. The number of primary amides is 1. The molecule has 2 fully saturated rings. The predicted octanol–water partition coefficient (Wildman–Crippen LogP) is 1.35. The van der Waals surface area contributed by atoms with Crippen LogP contribution in [-0.4, -0.2) is 84.0 Å². The lowest BCUT2D eigenvalue weighted by Crippen LogP contribution is -2.74. The molecule has 42 heavy (non-hydrogen) atoms. The largest absolute Gasteiger partial charge is 0.506 e. The Labute approximate surface area is 240 Å². The summed E-state index contributed by atoms with van der Waals surface area (Å²) in [7, 11) is 6.69. The molecule has 2 aromatic carbocycles. The molecule has 1 amide bonds. The van der Waals surface area contributed by atoms with Crippen LogP contribution in [0.15, 0.2) is 40.8 Å². The number of fused-ring (bicyclic) bond motifs is 4. The standard InChI is InChI=1S/C31H31N3O8/c1-33(2)18-12-16(20-11-13-7-5-6-8-19(13)42-20)25(35)22-15(18)9-14-10-17-24(34(3)4)27(37)23(30(32)40)29(39)31(17,41)28(38)21(14)26(22)36/h5-8,11-12,14,17,21,23-24,35,41H,9-10H2,1-4H3,(H2,32,40)/t14-,17-,21?,23?,24-,31-/m1/s1. The Bertz CT molecular complexity index is 1690. The van der Waals surface area contributed by atoms with Crippen LogP contribution in [0, 0.1) is 23.7 Å². The molecular formula is C31H31N3O8. The van der Waals surface area contributed by atoms with Gasteiger partial charge in [0.1, 0.15) is 17.1 Å². The summed E-state index contributed by atoms with van der Waals surface area (Å²) in [6.45, 7) is 0. The lowest BCUT2D eigenvalue weighted by atomic mass is 9.52. The van der Waals surface area contributed by atoms with E-state index in [9.17, 15) is 34.2 Å². The van der Waals surface area contributed by atoms with E-state index in [2.05, 4.69) is 0 Å². The minimum absolute atomic E-state index is 0.0111. The number of hydrogen-bond acceptors (Lipinski definition) is 10. The minimum atomic E-state index is -2.77. The molecule has 6 rings (SSSR count). The fourth-order valence-electron chi connectivity index (χ4n) is 7.35. The number of phenols is 1. The number of aliphatic hydroxyl groups is 1. The Morgan fingerprint density at radius 1 is 1.05 bits per heavy atom. The lowest BCUT2D eigenvalue weighted by molar-refractivity contribution is -0.181. The number of nitrogens with two attached hydrogens (primary N) is 1. The summed E-state index contributed by atoms with van der Waals surface area (Å²) >= 11 is 0. The first-order valence-electron chi connectivity index (χ1n) is 13.7. The van der Waals surface area contributed by atoms with Crippen LogP contribution in [0.25, 0.3) is 22.3 Å². The number of ketones is 4. The number of aromatic hydroxyl groups is 1. The lowest BCUT2D eigenvalue weighted by Gasteiger charge is -2.52. The van der Waals surface area contributed by atoms with Crippen LogP contribution in [0.5, 0.6) is 5.75 Å². The molecule has 0 bridgehead atoms. The van der Waals surface area contributed by atoms with Gasteiger partial charge in [-0.25, -0.2) is 0 Å². The first kappa shape index (κ1) is 27.8. The fraction of sp³-hybridized carbons (Fsp3) is 0.387. The van der Waals surface area contributed by atoms with Crippen LogP contribution < -0.4 is 10.6 Å². The number of phenolic OH excluding ortho intramolecular Hbond substituents is 1. The van der Waals surface area contributed by atoms with E-state index in [0.29, 0.717) is 22.6 Å². The summed E-state index contributed by atoms with van der Waals surface area (Å²) < 4.78 is 5.98. The molecule has 1 aromatic heterocycles. The molecule has 4 N–H and O–H groups in total. The van der Waals surface area contributed by atoms with Crippen molar-refractivity contribution in [2.24, 2.45) is 29.4 Å². The van der Waals surface area contributed by atoms with E-state index in [1.807, 2.05) is 18.2 Å². The third-order valence-corrected chi connectivity index (χ3v) is 9.21. The first-order valence-corrected chi connectivity index (χ1v) is 13.7. The van der Waals surface area contributed by atoms with E-state index in [4.69, 9.17) is 10.2 Å². The van der Waals surface area contributed by atoms with Crippen molar-refractivity contribution < 1.29 is 38.6 Å². The van der Waals surface area contributed by atoms with Gasteiger partial charge in [0.15, 0.2) is 34.7 Å². The molecule has 2 saturated carbocycles. The van der Waals surface area contributed by atoms with Crippen molar-refractivity contribution in [2.45, 2.75) is 24.5 Å². The number of carbonyl (C=O) groups excluding carboxylic acids is 5.